The van der Waals surface area contributed by atoms with E-state index in [0.29, 0.717) is 0 Å². The van der Waals surface area contributed by atoms with Gasteiger partial charge in [-0.2, -0.15) is 0 Å². The fourth-order valence-corrected chi connectivity index (χ4v) is 1.86. The smallest absolute Gasteiger partial charge is 0.310 e. The molecule has 1 aromatic heterocycles. The molecule has 82 valence electrons. The van der Waals surface area contributed by atoms with Crippen molar-refractivity contribution in [3.8, 4) is 0 Å². The summed E-state index contributed by atoms with van der Waals surface area (Å²) in [5.74, 6) is -1.25. The summed E-state index contributed by atoms with van der Waals surface area (Å²) < 4.78 is 0. The van der Waals surface area contributed by atoms with E-state index in [1.165, 1.54) is 0 Å². The molecular formula is C12H17NO2. The van der Waals surface area contributed by atoms with Gasteiger partial charge in [0.15, 0.2) is 0 Å². The zero-order chi connectivity index (χ0) is 11.7. The number of hydrogen-bond acceptors (Lipinski definition) is 2. The second-order valence-electron chi connectivity index (χ2n) is 4.01. The molecule has 0 saturated heterocycles. The van der Waals surface area contributed by atoms with Gasteiger partial charge in [0.05, 0.1) is 5.92 Å². The summed E-state index contributed by atoms with van der Waals surface area (Å²) in [6, 6.07) is 0. The Morgan fingerprint density at radius 2 is 1.53 bits per heavy atom. The minimum absolute atomic E-state index is 0.467. The van der Waals surface area contributed by atoms with Crippen LogP contribution >= 0.6 is 0 Å². The first-order chi connectivity index (χ1) is 6.86. The van der Waals surface area contributed by atoms with Gasteiger partial charge >= 0.3 is 5.97 Å². The molecule has 0 radical (unpaired) electrons. The van der Waals surface area contributed by atoms with E-state index in [9.17, 15) is 4.79 Å². The zero-order valence-electron chi connectivity index (χ0n) is 9.88. The average molecular weight is 207 g/mol. The average Bonchev–Trinajstić information content (AvgIpc) is 2.15. The predicted octanol–water partition coefficient (Wildman–Crippen LogP) is 2.50. The van der Waals surface area contributed by atoms with Gasteiger partial charge in [0.1, 0.15) is 0 Å². The maximum absolute atomic E-state index is 11.0. The van der Waals surface area contributed by atoms with E-state index in [2.05, 4.69) is 4.98 Å². The van der Waals surface area contributed by atoms with Crippen molar-refractivity contribution >= 4 is 5.97 Å². The minimum atomic E-state index is -0.786. The van der Waals surface area contributed by atoms with Crippen LogP contribution in [-0.4, -0.2) is 16.1 Å². The first kappa shape index (κ1) is 11.7. The monoisotopic (exact) mass is 207 g/mol. The molecule has 15 heavy (non-hydrogen) atoms. The normalized spacial score (nSPS) is 12.6. The van der Waals surface area contributed by atoms with Crippen LogP contribution in [-0.2, 0) is 4.79 Å². The highest BCUT2D eigenvalue weighted by Crippen LogP contribution is 2.26. The van der Waals surface area contributed by atoms with Crippen LogP contribution in [0.5, 0.6) is 0 Å². The lowest BCUT2D eigenvalue weighted by Gasteiger charge is -2.17. The summed E-state index contributed by atoms with van der Waals surface area (Å²) in [7, 11) is 0. The van der Waals surface area contributed by atoms with Crippen LogP contribution in [0.15, 0.2) is 0 Å². The molecule has 0 aliphatic heterocycles. The van der Waals surface area contributed by atoms with Crippen molar-refractivity contribution in [2.24, 2.45) is 0 Å². The molecule has 1 rings (SSSR count). The molecule has 3 heteroatoms. The van der Waals surface area contributed by atoms with Crippen LogP contribution in [0.25, 0.3) is 0 Å². The van der Waals surface area contributed by atoms with Gasteiger partial charge in [0, 0.05) is 11.4 Å². The molecule has 0 aromatic carbocycles. The maximum Gasteiger partial charge on any atom is 0.310 e. The highest BCUT2D eigenvalue weighted by molar-refractivity contribution is 5.77. The molecule has 0 fully saturated rings. The molecule has 0 spiro atoms. The van der Waals surface area contributed by atoms with Crippen LogP contribution in [0.1, 0.15) is 40.9 Å². The van der Waals surface area contributed by atoms with E-state index in [4.69, 9.17) is 5.11 Å². The van der Waals surface area contributed by atoms with Crippen molar-refractivity contribution in [1.29, 1.82) is 0 Å². The highest BCUT2D eigenvalue weighted by atomic mass is 16.4. The van der Waals surface area contributed by atoms with Crippen molar-refractivity contribution in [3.63, 3.8) is 0 Å². The molecule has 1 N–H and O–H groups in total. The zero-order valence-corrected chi connectivity index (χ0v) is 9.88. The van der Waals surface area contributed by atoms with E-state index >= 15 is 0 Å². The Morgan fingerprint density at radius 3 is 1.87 bits per heavy atom. The van der Waals surface area contributed by atoms with Crippen LogP contribution in [0.2, 0.25) is 0 Å². The van der Waals surface area contributed by atoms with Crippen LogP contribution in [0.3, 0.4) is 0 Å². The molecule has 1 unspecified atom stereocenters. The van der Waals surface area contributed by atoms with E-state index in [0.717, 1.165) is 28.1 Å². The Morgan fingerprint density at radius 1 is 1.13 bits per heavy atom. The lowest BCUT2D eigenvalue weighted by Crippen LogP contribution is -2.13. The second-order valence-corrected chi connectivity index (χ2v) is 4.01. The third-order valence-corrected chi connectivity index (χ3v) is 3.03. The number of aryl methyl sites for hydroxylation is 2. The van der Waals surface area contributed by atoms with Gasteiger partial charge in [-0.25, -0.2) is 0 Å². The Hall–Kier alpha value is -1.38. The van der Waals surface area contributed by atoms with Gasteiger partial charge in [0.25, 0.3) is 0 Å². The third kappa shape index (κ3) is 2.01. The van der Waals surface area contributed by atoms with Gasteiger partial charge in [-0.05, 0) is 51.3 Å². The third-order valence-electron chi connectivity index (χ3n) is 3.03. The summed E-state index contributed by atoms with van der Waals surface area (Å²) in [4.78, 5) is 15.4. The Labute approximate surface area is 90.2 Å². The topological polar surface area (TPSA) is 50.2 Å². The summed E-state index contributed by atoms with van der Waals surface area (Å²) in [5.41, 5.74) is 4.73. The van der Waals surface area contributed by atoms with E-state index < -0.39 is 11.9 Å². The number of hydrogen-bond donors (Lipinski definition) is 1. The Balaban J connectivity index is 3.45. The van der Waals surface area contributed by atoms with Crippen LogP contribution in [0.4, 0.5) is 0 Å². The maximum atomic E-state index is 11.0. The lowest BCUT2D eigenvalue weighted by atomic mass is 9.91. The highest BCUT2D eigenvalue weighted by Gasteiger charge is 2.20. The summed E-state index contributed by atoms with van der Waals surface area (Å²) in [6.45, 7) is 9.42. The molecule has 1 atom stereocenters. The Kier molecular flexibility index (Phi) is 3.12. The van der Waals surface area contributed by atoms with Crippen molar-refractivity contribution in [2.75, 3.05) is 0 Å². The van der Waals surface area contributed by atoms with Crippen molar-refractivity contribution in [2.45, 2.75) is 40.5 Å². The molecule has 1 heterocycles. The predicted molar refractivity (Wildman–Crippen MR) is 59.2 cm³/mol. The summed E-state index contributed by atoms with van der Waals surface area (Å²) in [5, 5.41) is 9.05. The fourth-order valence-electron chi connectivity index (χ4n) is 1.86. The number of nitrogens with zero attached hydrogens (tertiary/aromatic N) is 1. The summed E-state index contributed by atoms with van der Waals surface area (Å²) in [6.07, 6.45) is 0. The molecule has 0 amide bonds. The minimum Gasteiger partial charge on any atom is -0.481 e. The molecule has 3 nitrogen and oxygen atoms in total. The van der Waals surface area contributed by atoms with Crippen molar-refractivity contribution in [1.82, 2.24) is 4.98 Å². The number of carboxylic acid groups (broad SMARTS) is 1. The van der Waals surface area contributed by atoms with Crippen LogP contribution < -0.4 is 0 Å². The molecular weight excluding hydrogens is 190 g/mol. The second kappa shape index (κ2) is 4.01. The SMILES string of the molecule is Cc1nc(C)c(C)c(C(C)C(=O)O)c1C. The van der Waals surface area contributed by atoms with Gasteiger partial charge in [-0.15, -0.1) is 0 Å². The Bertz CT molecular complexity index is 384. The standard InChI is InChI=1S/C12H17NO2/c1-6-9(4)13-10(5)7(2)11(6)8(3)12(14)15/h8H,1-5H3,(H,14,15). The van der Waals surface area contributed by atoms with Crippen molar-refractivity contribution < 1.29 is 9.90 Å². The molecule has 0 bridgehead atoms. The fraction of sp³-hybridized carbons (Fsp3) is 0.500. The quantitative estimate of drug-likeness (QED) is 0.810. The van der Waals surface area contributed by atoms with Gasteiger partial charge in [-0.1, -0.05) is 0 Å². The number of rotatable bonds is 2. The molecule has 0 aliphatic rings. The first-order valence-electron chi connectivity index (χ1n) is 5.03. The molecule has 0 saturated carbocycles. The summed E-state index contributed by atoms with van der Waals surface area (Å²) >= 11 is 0. The van der Waals surface area contributed by atoms with Crippen LogP contribution in [0, 0.1) is 27.7 Å². The number of pyridine rings is 1. The number of aliphatic carboxylic acids is 1. The van der Waals surface area contributed by atoms with Crippen molar-refractivity contribution in [3.05, 3.63) is 28.1 Å². The number of carbonyl (C=O) groups is 1. The van der Waals surface area contributed by atoms with E-state index in [1.807, 2.05) is 27.7 Å². The van der Waals surface area contributed by atoms with E-state index in [-0.39, 0.29) is 0 Å². The molecule has 0 aliphatic carbocycles. The van der Waals surface area contributed by atoms with Gasteiger partial charge in [0.2, 0.25) is 0 Å². The van der Waals surface area contributed by atoms with E-state index in [1.54, 1.807) is 6.92 Å². The number of aromatic nitrogens is 1. The van der Waals surface area contributed by atoms with Gasteiger partial charge < -0.3 is 5.11 Å². The largest absolute Gasteiger partial charge is 0.481 e. The first-order valence-corrected chi connectivity index (χ1v) is 5.03. The molecule has 1 aromatic rings. The number of carboxylic acids is 1. The van der Waals surface area contributed by atoms with Gasteiger partial charge in [-0.3, -0.25) is 9.78 Å². The lowest BCUT2D eigenvalue weighted by molar-refractivity contribution is -0.138.